The lowest BCUT2D eigenvalue weighted by atomic mass is 10.0. The summed E-state index contributed by atoms with van der Waals surface area (Å²) in [4.78, 5) is 0.346. The molecule has 2 aromatic rings. The topological polar surface area (TPSA) is 37.4 Å². The SMILES string of the molecule is C/C1=C/c2ccccc2N(S(=O)(=O)c2ccc(C)cc2)CCC1. The van der Waals surface area contributed by atoms with Crippen LogP contribution < -0.4 is 4.31 Å². The van der Waals surface area contributed by atoms with Crippen LogP contribution in [-0.2, 0) is 10.0 Å². The van der Waals surface area contributed by atoms with E-state index >= 15 is 0 Å². The zero-order valence-electron chi connectivity index (χ0n) is 13.5. The Kier molecular flexibility index (Phi) is 4.26. The molecule has 0 bridgehead atoms. The third-order valence-corrected chi connectivity index (χ3v) is 5.98. The zero-order valence-corrected chi connectivity index (χ0v) is 14.3. The van der Waals surface area contributed by atoms with Crippen LogP contribution in [0.2, 0.25) is 0 Å². The van der Waals surface area contributed by atoms with Gasteiger partial charge in [0.25, 0.3) is 10.0 Å². The number of allylic oxidation sites excluding steroid dienone is 1. The second-order valence-corrected chi connectivity index (χ2v) is 7.91. The van der Waals surface area contributed by atoms with Crippen molar-refractivity contribution in [3.63, 3.8) is 0 Å². The molecule has 0 aromatic heterocycles. The van der Waals surface area contributed by atoms with Gasteiger partial charge in [0.2, 0.25) is 0 Å². The van der Waals surface area contributed by atoms with Gasteiger partial charge in [-0.1, -0.05) is 47.5 Å². The number of hydrogen-bond donors (Lipinski definition) is 0. The highest BCUT2D eigenvalue weighted by molar-refractivity contribution is 7.92. The van der Waals surface area contributed by atoms with Gasteiger partial charge in [0, 0.05) is 6.54 Å². The van der Waals surface area contributed by atoms with Crippen LogP contribution in [0.4, 0.5) is 5.69 Å². The van der Waals surface area contributed by atoms with Gasteiger partial charge in [0.05, 0.1) is 10.6 Å². The first kappa shape index (κ1) is 15.8. The van der Waals surface area contributed by atoms with Gasteiger partial charge in [-0.25, -0.2) is 8.42 Å². The van der Waals surface area contributed by atoms with Crippen molar-refractivity contribution in [3.8, 4) is 0 Å². The van der Waals surface area contributed by atoms with E-state index in [2.05, 4.69) is 13.0 Å². The lowest BCUT2D eigenvalue weighted by Crippen LogP contribution is -2.33. The van der Waals surface area contributed by atoms with Crippen molar-refractivity contribution in [3.05, 3.63) is 65.2 Å². The first-order valence-corrected chi connectivity index (χ1v) is 9.28. The Hall–Kier alpha value is -2.07. The van der Waals surface area contributed by atoms with E-state index in [-0.39, 0.29) is 0 Å². The van der Waals surface area contributed by atoms with Gasteiger partial charge in [0.1, 0.15) is 0 Å². The number of rotatable bonds is 2. The fourth-order valence-electron chi connectivity index (χ4n) is 2.88. The van der Waals surface area contributed by atoms with E-state index < -0.39 is 10.0 Å². The third kappa shape index (κ3) is 3.17. The highest BCUT2D eigenvalue weighted by Gasteiger charge is 2.26. The Morgan fingerprint density at radius 2 is 1.65 bits per heavy atom. The van der Waals surface area contributed by atoms with Crippen molar-refractivity contribution in [1.82, 2.24) is 0 Å². The number of fused-ring (bicyclic) bond motifs is 1. The number of sulfonamides is 1. The molecule has 0 spiro atoms. The molecule has 3 nitrogen and oxygen atoms in total. The van der Waals surface area contributed by atoms with E-state index in [1.165, 1.54) is 5.57 Å². The number of para-hydroxylation sites is 1. The fraction of sp³-hybridized carbons (Fsp3) is 0.263. The van der Waals surface area contributed by atoms with Gasteiger partial charge >= 0.3 is 0 Å². The Morgan fingerprint density at radius 3 is 2.39 bits per heavy atom. The molecule has 0 unspecified atom stereocenters. The summed E-state index contributed by atoms with van der Waals surface area (Å²) >= 11 is 0. The smallest absolute Gasteiger partial charge is 0.264 e. The summed E-state index contributed by atoms with van der Waals surface area (Å²) in [6, 6.07) is 14.8. The van der Waals surface area contributed by atoms with Crippen LogP contribution >= 0.6 is 0 Å². The molecule has 1 aliphatic rings. The molecule has 0 saturated carbocycles. The molecule has 120 valence electrons. The predicted molar refractivity (Wildman–Crippen MR) is 95.0 cm³/mol. The van der Waals surface area contributed by atoms with E-state index in [0.29, 0.717) is 11.4 Å². The number of nitrogens with zero attached hydrogens (tertiary/aromatic N) is 1. The van der Waals surface area contributed by atoms with Gasteiger partial charge in [0.15, 0.2) is 0 Å². The van der Waals surface area contributed by atoms with Crippen LogP contribution in [0.3, 0.4) is 0 Å². The van der Waals surface area contributed by atoms with Crippen molar-refractivity contribution < 1.29 is 8.42 Å². The van der Waals surface area contributed by atoms with Crippen LogP contribution in [0.1, 0.15) is 30.9 Å². The quantitative estimate of drug-likeness (QED) is 0.820. The molecular formula is C19H21NO2S. The van der Waals surface area contributed by atoms with Crippen LogP contribution in [0.5, 0.6) is 0 Å². The number of aryl methyl sites for hydroxylation is 1. The van der Waals surface area contributed by atoms with E-state index in [9.17, 15) is 8.42 Å². The normalized spacial score (nSPS) is 17.7. The molecule has 0 amide bonds. The lowest BCUT2D eigenvalue weighted by molar-refractivity contribution is 0.588. The largest absolute Gasteiger partial charge is 0.266 e. The molecule has 0 radical (unpaired) electrons. The van der Waals surface area contributed by atoms with Crippen molar-refractivity contribution >= 4 is 21.8 Å². The summed E-state index contributed by atoms with van der Waals surface area (Å²) < 4.78 is 27.8. The molecule has 0 fully saturated rings. The molecule has 0 atom stereocenters. The summed E-state index contributed by atoms with van der Waals surface area (Å²) in [7, 11) is -3.55. The number of anilines is 1. The number of hydrogen-bond acceptors (Lipinski definition) is 2. The highest BCUT2D eigenvalue weighted by atomic mass is 32.2. The maximum atomic E-state index is 13.1. The molecule has 0 N–H and O–H groups in total. The third-order valence-electron chi connectivity index (χ3n) is 4.15. The molecule has 4 heteroatoms. The van der Waals surface area contributed by atoms with Gasteiger partial charge in [-0.2, -0.15) is 0 Å². The summed E-state index contributed by atoms with van der Waals surface area (Å²) in [5.41, 5.74) is 4.05. The standard InChI is InChI=1S/C19H21NO2S/c1-15-9-11-18(12-10-15)23(21,22)20-13-5-6-16(2)14-17-7-3-4-8-19(17)20/h3-4,7-12,14H,5-6,13H2,1-2H3/b16-14-. The first-order chi connectivity index (χ1) is 11.0. The summed E-state index contributed by atoms with van der Waals surface area (Å²) in [6.45, 7) is 4.55. The van der Waals surface area contributed by atoms with E-state index in [1.54, 1.807) is 16.4 Å². The second kappa shape index (κ2) is 6.20. The minimum atomic E-state index is -3.55. The molecule has 0 saturated heterocycles. The number of benzene rings is 2. The van der Waals surface area contributed by atoms with Crippen LogP contribution in [0, 0.1) is 6.92 Å². The van der Waals surface area contributed by atoms with Gasteiger partial charge in [-0.15, -0.1) is 0 Å². The van der Waals surface area contributed by atoms with E-state index in [1.807, 2.05) is 43.3 Å². The molecule has 1 heterocycles. The van der Waals surface area contributed by atoms with Crippen molar-refractivity contribution in [2.24, 2.45) is 0 Å². The summed E-state index contributed by atoms with van der Waals surface area (Å²) in [6.07, 6.45) is 3.82. The molecule has 1 aliphatic heterocycles. The molecule has 0 aliphatic carbocycles. The van der Waals surface area contributed by atoms with Gasteiger partial charge < -0.3 is 0 Å². The highest BCUT2D eigenvalue weighted by Crippen LogP contribution is 2.31. The Labute approximate surface area is 138 Å². The minimum Gasteiger partial charge on any atom is -0.266 e. The Bertz CT molecular complexity index is 836. The molecule has 3 rings (SSSR count). The van der Waals surface area contributed by atoms with Crippen LogP contribution in [0.25, 0.3) is 6.08 Å². The average Bonchev–Trinajstić information content (AvgIpc) is 2.51. The maximum absolute atomic E-state index is 13.1. The fourth-order valence-corrected chi connectivity index (χ4v) is 4.41. The summed E-state index contributed by atoms with van der Waals surface area (Å²) in [5, 5.41) is 0. The van der Waals surface area contributed by atoms with E-state index in [4.69, 9.17) is 0 Å². The Morgan fingerprint density at radius 1 is 0.957 bits per heavy atom. The monoisotopic (exact) mass is 327 g/mol. The lowest BCUT2D eigenvalue weighted by Gasteiger charge is -2.28. The van der Waals surface area contributed by atoms with Gasteiger partial charge in [-0.05, 0) is 50.5 Å². The molecule has 2 aromatic carbocycles. The van der Waals surface area contributed by atoms with Gasteiger partial charge in [-0.3, -0.25) is 4.31 Å². The van der Waals surface area contributed by atoms with Crippen LogP contribution in [-0.4, -0.2) is 15.0 Å². The second-order valence-electron chi connectivity index (χ2n) is 6.04. The zero-order chi connectivity index (χ0) is 16.4. The van der Waals surface area contributed by atoms with E-state index in [0.717, 1.165) is 29.7 Å². The summed E-state index contributed by atoms with van der Waals surface area (Å²) in [5.74, 6) is 0. The first-order valence-electron chi connectivity index (χ1n) is 7.84. The maximum Gasteiger partial charge on any atom is 0.264 e. The van der Waals surface area contributed by atoms with Crippen LogP contribution in [0.15, 0.2) is 59.0 Å². The molecular weight excluding hydrogens is 306 g/mol. The predicted octanol–water partition coefficient (Wildman–Crippen LogP) is 4.39. The van der Waals surface area contributed by atoms with Crippen molar-refractivity contribution in [2.75, 3.05) is 10.8 Å². The Balaban J connectivity index is 2.12. The van der Waals surface area contributed by atoms with Crippen molar-refractivity contribution in [1.29, 1.82) is 0 Å². The molecule has 23 heavy (non-hydrogen) atoms. The average molecular weight is 327 g/mol. The minimum absolute atomic E-state index is 0.346. The van der Waals surface area contributed by atoms with Crippen molar-refractivity contribution in [2.45, 2.75) is 31.6 Å².